The summed E-state index contributed by atoms with van der Waals surface area (Å²) in [6, 6.07) is 3.47. The lowest BCUT2D eigenvalue weighted by Gasteiger charge is -1.89. The van der Waals surface area contributed by atoms with E-state index in [0.717, 1.165) is 9.86 Å². The highest BCUT2D eigenvalue weighted by Gasteiger charge is 2.05. The van der Waals surface area contributed by atoms with Gasteiger partial charge in [-0.2, -0.15) is 0 Å². The smallest absolute Gasteiger partial charge is 0.330 e. The Bertz CT molecular complexity index is 381. The van der Waals surface area contributed by atoms with Crippen molar-refractivity contribution < 1.29 is 14.3 Å². The molecule has 0 bridgehead atoms. The van der Waals surface area contributed by atoms with Gasteiger partial charge < -0.3 is 4.74 Å². The number of carbonyl (C=O) groups excluding carboxylic acids is 2. The molecule has 0 aliphatic carbocycles. The van der Waals surface area contributed by atoms with Crippen molar-refractivity contribution in [2.24, 2.45) is 0 Å². The van der Waals surface area contributed by atoms with Crippen LogP contribution in [0.4, 0.5) is 0 Å². The summed E-state index contributed by atoms with van der Waals surface area (Å²) < 4.78 is 5.24. The minimum atomic E-state index is -0.533. The molecule has 0 aliphatic rings. The van der Waals surface area contributed by atoms with Gasteiger partial charge >= 0.3 is 5.97 Å². The molecule has 74 valence electrons. The van der Waals surface area contributed by atoms with E-state index in [2.05, 4.69) is 20.7 Å². The van der Waals surface area contributed by atoms with Gasteiger partial charge in [0.05, 0.1) is 15.8 Å². The summed E-state index contributed by atoms with van der Waals surface area (Å²) in [5, 5.41) is 0. The average Bonchev–Trinajstić information content (AvgIpc) is 2.60. The van der Waals surface area contributed by atoms with Gasteiger partial charge in [-0.25, -0.2) is 4.79 Å². The van der Waals surface area contributed by atoms with Gasteiger partial charge in [0.1, 0.15) is 0 Å². The van der Waals surface area contributed by atoms with E-state index in [1.165, 1.54) is 24.5 Å². The number of rotatable bonds is 3. The SMILES string of the molecule is COC(=O)C=CC(=O)c1ccc(Br)s1. The van der Waals surface area contributed by atoms with E-state index in [0.29, 0.717) is 4.88 Å². The molecule has 1 aromatic rings. The molecule has 0 amide bonds. The number of ether oxygens (including phenoxy) is 1. The van der Waals surface area contributed by atoms with Crippen LogP contribution in [0, 0.1) is 0 Å². The van der Waals surface area contributed by atoms with Crippen molar-refractivity contribution in [1.82, 2.24) is 0 Å². The molecule has 3 nitrogen and oxygen atoms in total. The van der Waals surface area contributed by atoms with Gasteiger partial charge in [-0.3, -0.25) is 4.79 Å². The first kappa shape index (κ1) is 11.1. The normalized spacial score (nSPS) is 10.4. The molecule has 0 N–H and O–H groups in total. The first-order valence-corrected chi connectivity index (χ1v) is 5.30. The van der Waals surface area contributed by atoms with Crippen LogP contribution in [0.5, 0.6) is 0 Å². The van der Waals surface area contributed by atoms with Crippen LogP contribution in [0.1, 0.15) is 9.67 Å². The Morgan fingerprint density at radius 3 is 2.64 bits per heavy atom. The summed E-state index contributed by atoms with van der Waals surface area (Å²) in [6.45, 7) is 0. The lowest BCUT2D eigenvalue weighted by Crippen LogP contribution is -1.97. The molecule has 0 aliphatic heterocycles. The van der Waals surface area contributed by atoms with Crippen LogP contribution in [-0.2, 0) is 9.53 Å². The zero-order valence-corrected chi connectivity index (χ0v) is 9.72. The average molecular weight is 275 g/mol. The van der Waals surface area contributed by atoms with Gasteiger partial charge in [-0.1, -0.05) is 0 Å². The largest absolute Gasteiger partial charge is 0.466 e. The number of hydrogen-bond donors (Lipinski definition) is 0. The van der Waals surface area contributed by atoms with Crippen molar-refractivity contribution in [1.29, 1.82) is 0 Å². The second-order valence-electron chi connectivity index (χ2n) is 2.32. The Morgan fingerprint density at radius 1 is 1.43 bits per heavy atom. The predicted molar refractivity (Wildman–Crippen MR) is 57.5 cm³/mol. The Labute approximate surface area is 93.5 Å². The van der Waals surface area contributed by atoms with Crippen LogP contribution in [0.25, 0.3) is 0 Å². The lowest BCUT2D eigenvalue weighted by molar-refractivity contribution is -0.134. The molecule has 14 heavy (non-hydrogen) atoms. The number of halogens is 1. The van der Waals surface area contributed by atoms with E-state index in [1.54, 1.807) is 12.1 Å². The van der Waals surface area contributed by atoms with Gasteiger partial charge in [0, 0.05) is 6.08 Å². The highest BCUT2D eigenvalue weighted by Crippen LogP contribution is 2.22. The van der Waals surface area contributed by atoms with Crippen LogP contribution in [0.2, 0.25) is 0 Å². The fourth-order valence-corrected chi connectivity index (χ4v) is 2.05. The molecule has 0 unspecified atom stereocenters. The summed E-state index contributed by atoms with van der Waals surface area (Å²) in [6.07, 6.45) is 2.31. The number of thiophene rings is 1. The summed E-state index contributed by atoms with van der Waals surface area (Å²) in [4.78, 5) is 22.6. The molecule has 5 heteroatoms. The lowest BCUT2D eigenvalue weighted by atomic mass is 10.3. The molecule has 1 rings (SSSR count). The predicted octanol–water partition coefficient (Wildman–Crippen LogP) is 2.42. The minimum absolute atomic E-state index is 0.203. The van der Waals surface area contributed by atoms with E-state index in [9.17, 15) is 9.59 Å². The van der Waals surface area contributed by atoms with Gasteiger partial charge in [0.2, 0.25) is 0 Å². The summed E-state index contributed by atoms with van der Waals surface area (Å²) in [5.41, 5.74) is 0. The third kappa shape index (κ3) is 3.08. The van der Waals surface area contributed by atoms with Gasteiger partial charge in [0.15, 0.2) is 5.78 Å². The van der Waals surface area contributed by atoms with Crippen molar-refractivity contribution in [2.75, 3.05) is 7.11 Å². The van der Waals surface area contributed by atoms with Gasteiger partial charge in [0.25, 0.3) is 0 Å². The number of allylic oxidation sites excluding steroid dienone is 1. The molecule has 1 heterocycles. The molecular weight excluding hydrogens is 268 g/mol. The maximum Gasteiger partial charge on any atom is 0.330 e. The van der Waals surface area contributed by atoms with Crippen molar-refractivity contribution >= 4 is 39.0 Å². The van der Waals surface area contributed by atoms with E-state index in [4.69, 9.17) is 0 Å². The Kier molecular flexibility index (Phi) is 4.03. The molecule has 0 fully saturated rings. The van der Waals surface area contributed by atoms with E-state index in [1.807, 2.05) is 0 Å². The van der Waals surface area contributed by atoms with Crippen LogP contribution in [0.3, 0.4) is 0 Å². The van der Waals surface area contributed by atoms with Crippen LogP contribution >= 0.6 is 27.3 Å². The fourth-order valence-electron chi connectivity index (χ4n) is 0.741. The molecule has 0 atom stereocenters. The summed E-state index contributed by atoms with van der Waals surface area (Å²) in [5.74, 6) is -0.736. The Hall–Kier alpha value is -0.940. The number of carbonyl (C=O) groups is 2. The number of ketones is 1. The molecule has 0 spiro atoms. The molecule has 0 radical (unpaired) electrons. The molecule has 0 saturated heterocycles. The quantitative estimate of drug-likeness (QED) is 0.483. The topological polar surface area (TPSA) is 43.4 Å². The van der Waals surface area contributed by atoms with E-state index < -0.39 is 5.97 Å². The van der Waals surface area contributed by atoms with Gasteiger partial charge in [-0.15, -0.1) is 11.3 Å². The highest BCUT2D eigenvalue weighted by atomic mass is 79.9. The first-order valence-electron chi connectivity index (χ1n) is 3.69. The maximum atomic E-state index is 11.4. The third-order valence-electron chi connectivity index (χ3n) is 1.39. The van der Waals surface area contributed by atoms with E-state index >= 15 is 0 Å². The van der Waals surface area contributed by atoms with Gasteiger partial charge in [-0.05, 0) is 34.1 Å². The van der Waals surface area contributed by atoms with Crippen molar-refractivity contribution in [2.45, 2.75) is 0 Å². The minimum Gasteiger partial charge on any atom is -0.466 e. The standard InChI is InChI=1S/C9H7BrO3S/c1-13-9(12)5-2-6(11)7-3-4-8(10)14-7/h2-5H,1H3. The van der Waals surface area contributed by atoms with Crippen molar-refractivity contribution in [3.05, 3.63) is 32.9 Å². The maximum absolute atomic E-state index is 11.4. The van der Waals surface area contributed by atoms with E-state index in [-0.39, 0.29) is 5.78 Å². The van der Waals surface area contributed by atoms with Crippen molar-refractivity contribution in [3.63, 3.8) is 0 Å². The highest BCUT2D eigenvalue weighted by molar-refractivity contribution is 9.11. The van der Waals surface area contributed by atoms with Crippen LogP contribution in [-0.4, -0.2) is 18.9 Å². The molecule has 0 aromatic carbocycles. The molecule has 1 aromatic heterocycles. The molecular formula is C9H7BrO3S. The summed E-state index contributed by atoms with van der Waals surface area (Å²) in [7, 11) is 1.26. The third-order valence-corrected chi connectivity index (χ3v) is 3.03. The second kappa shape index (κ2) is 5.07. The number of hydrogen-bond acceptors (Lipinski definition) is 4. The van der Waals surface area contributed by atoms with Crippen molar-refractivity contribution in [3.8, 4) is 0 Å². The number of esters is 1. The second-order valence-corrected chi connectivity index (χ2v) is 4.79. The Morgan fingerprint density at radius 2 is 2.14 bits per heavy atom. The summed E-state index contributed by atoms with van der Waals surface area (Å²) >= 11 is 4.56. The van der Waals surface area contributed by atoms with Crippen LogP contribution < -0.4 is 0 Å². The van der Waals surface area contributed by atoms with Crippen LogP contribution in [0.15, 0.2) is 28.1 Å². The molecule has 0 saturated carbocycles. The monoisotopic (exact) mass is 274 g/mol. The zero-order valence-electron chi connectivity index (χ0n) is 7.32. The zero-order chi connectivity index (χ0) is 10.6. The number of methoxy groups -OCH3 is 1. The fraction of sp³-hybridized carbons (Fsp3) is 0.111. The Balaban J connectivity index is 2.68. The first-order chi connectivity index (χ1) is 6.63.